The van der Waals surface area contributed by atoms with Gasteiger partial charge in [-0.25, -0.2) is 4.39 Å². The van der Waals surface area contributed by atoms with Gasteiger partial charge in [0.1, 0.15) is 5.82 Å². The topological polar surface area (TPSA) is 20.2 Å². The summed E-state index contributed by atoms with van der Waals surface area (Å²) in [6.45, 7) is 3.96. The summed E-state index contributed by atoms with van der Waals surface area (Å²) in [5.74, 6) is -0.300. The van der Waals surface area contributed by atoms with Crippen LogP contribution in [0.5, 0.6) is 0 Å². The summed E-state index contributed by atoms with van der Waals surface area (Å²) in [7, 11) is 0. The minimum Gasteiger partial charge on any atom is -0.388 e. The zero-order chi connectivity index (χ0) is 14.0. The van der Waals surface area contributed by atoms with E-state index in [-0.39, 0.29) is 5.82 Å². The maximum absolute atomic E-state index is 13.5. The van der Waals surface area contributed by atoms with Crippen LogP contribution in [0.4, 0.5) is 4.39 Å². The van der Waals surface area contributed by atoms with Gasteiger partial charge in [0, 0.05) is 6.42 Å². The molecule has 0 amide bonds. The Morgan fingerprint density at radius 3 is 2.32 bits per heavy atom. The van der Waals surface area contributed by atoms with Crippen molar-refractivity contribution in [3.63, 3.8) is 0 Å². The first-order valence-electron chi connectivity index (χ1n) is 6.17. The first-order chi connectivity index (χ1) is 9.00. The normalized spacial score (nSPS) is 12.5. The summed E-state index contributed by atoms with van der Waals surface area (Å²) in [4.78, 5) is 0. The van der Waals surface area contributed by atoms with Crippen LogP contribution in [-0.2, 0) is 6.42 Å². The number of benzene rings is 2. The van der Waals surface area contributed by atoms with Crippen molar-refractivity contribution < 1.29 is 9.50 Å². The molecule has 0 spiro atoms. The molecule has 0 saturated heterocycles. The third-order valence-corrected chi connectivity index (χ3v) is 4.21. The quantitative estimate of drug-likeness (QED) is 0.883. The fraction of sp³-hybridized carbons (Fsp3) is 0.250. The first-order valence-corrected chi connectivity index (χ1v) is 6.97. The smallest absolute Gasteiger partial charge is 0.137 e. The Balaban J connectivity index is 2.31. The minimum absolute atomic E-state index is 0.300. The average Bonchev–Trinajstić information content (AvgIpc) is 2.35. The number of aryl methyl sites for hydroxylation is 2. The summed E-state index contributed by atoms with van der Waals surface area (Å²) < 4.78 is 13.9. The van der Waals surface area contributed by atoms with Crippen molar-refractivity contribution in [2.45, 2.75) is 26.4 Å². The fourth-order valence-electron chi connectivity index (χ4n) is 2.37. The highest BCUT2D eigenvalue weighted by molar-refractivity contribution is 9.10. The zero-order valence-electron chi connectivity index (χ0n) is 11.0. The second kappa shape index (κ2) is 5.85. The molecule has 0 radical (unpaired) electrons. The zero-order valence-corrected chi connectivity index (χ0v) is 12.5. The van der Waals surface area contributed by atoms with E-state index in [1.165, 1.54) is 6.07 Å². The largest absolute Gasteiger partial charge is 0.388 e. The van der Waals surface area contributed by atoms with Gasteiger partial charge in [0.25, 0.3) is 0 Å². The van der Waals surface area contributed by atoms with Gasteiger partial charge >= 0.3 is 0 Å². The predicted octanol–water partition coefficient (Wildman–Crippen LogP) is 4.48. The lowest BCUT2D eigenvalue weighted by molar-refractivity contribution is 0.176. The van der Waals surface area contributed by atoms with Gasteiger partial charge in [0.15, 0.2) is 0 Å². The molecule has 2 aromatic carbocycles. The molecular formula is C16H16BrFO. The second-order valence-electron chi connectivity index (χ2n) is 4.74. The second-order valence-corrected chi connectivity index (χ2v) is 5.53. The van der Waals surface area contributed by atoms with E-state index in [4.69, 9.17) is 0 Å². The third kappa shape index (κ3) is 3.04. The van der Waals surface area contributed by atoms with E-state index in [2.05, 4.69) is 15.9 Å². The highest BCUT2D eigenvalue weighted by Gasteiger charge is 2.16. The molecular weight excluding hydrogens is 307 g/mol. The van der Waals surface area contributed by atoms with Crippen LogP contribution in [-0.4, -0.2) is 5.11 Å². The molecule has 0 saturated carbocycles. The molecule has 1 atom stereocenters. The maximum Gasteiger partial charge on any atom is 0.137 e. The molecule has 0 heterocycles. The average molecular weight is 323 g/mol. The van der Waals surface area contributed by atoms with E-state index >= 15 is 0 Å². The number of aliphatic hydroxyl groups is 1. The number of hydrogen-bond donors (Lipinski definition) is 1. The van der Waals surface area contributed by atoms with Crippen LogP contribution in [0.1, 0.15) is 28.4 Å². The summed E-state index contributed by atoms with van der Waals surface area (Å²) in [5, 5.41) is 10.4. The Hall–Kier alpha value is -1.19. The molecule has 100 valence electrons. The number of aliphatic hydroxyl groups excluding tert-OH is 1. The van der Waals surface area contributed by atoms with Gasteiger partial charge in [-0.05, 0) is 58.1 Å². The van der Waals surface area contributed by atoms with Crippen LogP contribution < -0.4 is 0 Å². The van der Waals surface area contributed by atoms with Crippen LogP contribution in [0.2, 0.25) is 0 Å². The Kier molecular flexibility index (Phi) is 4.38. The molecule has 0 aliphatic rings. The number of rotatable bonds is 3. The van der Waals surface area contributed by atoms with Gasteiger partial charge in [-0.2, -0.15) is 0 Å². The van der Waals surface area contributed by atoms with Crippen molar-refractivity contribution in [3.05, 3.63) is 68.9 Å². The molecule has 3 heteroatoms. The van der Waals surface area contributed by atoms with Gasteiger partial charge in [0.2, 0.25) is 0 Å². The van der Waals surface area contributed by atoms with E-state index < -0.39 is 6.10 Å². The van der Waals surface area contributed by atoms with Crippen LogP contribution in [0.3, 0.4) is 0 Å². The van der Waals surface area contributed by atoms with Crippen molar-refractivity contribution in [2.24, 2.45) is 0 Å². The monoisotopic (exact) mass is 322 g/mol. The molecule has 2 aromatic rings. The van der Waals surface area contributed by atoms with Crippen LogP contribution in [0, 0.1) is 19.7 Å². The number of hydrogen-bond acceptors (Lipinski definition) is 1. The fourth-order valence-corrected chi connectivity index (χ4v) is 2.80. The predicted molar refractivity (Wildman–Crippen MR) is 78.7 cm³/mol. The molecule has 0 fully saturated rings. The van der Waals surface area contributed by atoms with Crippen LogP contribution >= 0.6 is 15.9 Å². The molecule has 1 nitrogen and oxygen atoms in total. The summed E-state index contributed by atoms with van der Waals surface area (Å²) in [6.07, 6.45) is -0.233. The first kappa shape index (κ1) is 14.2. The van der Waals surface area contributed by atoms with Gasteiger partial charge in [-0.3, -0.25) is 0 Å². The standard InChI is InChI=1S/C16H16BrFO/c1-10-5-3-6-11(2)15(10)14(19)9-12-7-4-8-13(18)16(12)17/h3-8,14,19H,9H2,1-2H3. The van der Waals surface area contributed by atoms with E-state index in [0.717, 1.165) is 22.3 Å². The maximum atomic E-state index is 13.5. The van der Waals surface area contributed by atoms with E-state index in [1.807, 2.05) is 38.1 Å². The SMILES string of the molecule is Cc1cccc(C)c1C(O)Cc1cccc(F)c1Br. The molecule has 1 unspecified atom stereocenters. The van der Waals surface area contributed by atoms with Gasteiger partial charge in [-0.15, -0.1) is 0 Å². The Bertz CT molecular complexity index is 575. The third-order valence-electron chi connectivity index (χ3n) is 3.32. The van der Waals surface area contributed by atoms with Crippen LogP contribution in [0.15, 0.2) is 40.9 Å². The molecule has 0 bridgehead atoms. The molecule has 2 rings (SSSR count). The lowest BCUT2D eigenvalue weighted by Gasteiger charge is -2.17. The van der Waals surface area contributed by atoms with Crippen molar-refractivity contribution in [1.82, 2.24) is 0 Å². The van der Waals surface area contributed by atoms with E-state index in [0.29, 0.717) is 10.9 Å². The van der Waals surface area contributed by atoms with Crippen molar-refractivity contribution in [2.75, 3.05) is 0 Å². The highest BCUT2D eigenvalue weighted by Crippen LogP contribution is 2.28. The van der Waals surface area contributed by atoms with Crippen LogP contribution in [0.25, 0.3) is 0 Å². The molecule has 19 heavy (non-hydrogen) atoms. The highest BCUT2D eigenvalue weighted by atomic mass is 79.9. The molecule has 0 aliphatic carbocycles. The number of halogens is 2. The van der Waals surface area contributed by atoms with Gasteiger partial charge in [0.05, 0.1) is 10.6 Å². The van der Waals surface area contributed by atoms with E-state index in [9.17, 15) is 9.50 Å². The Morgan fingerprint density at radius 2 is 1.68 bits per heavy atom. The molecule has 1 N–H and O–H groups in total. The Morgan fingerprint density at radius 1 is 1.11 bits per heavy atom. The summed E-state index contributed by atoms with van der Waals surface area (Å²) >= 11 is 3.23. The van der Waals surface area contributed by atoms with Gasteiger partial charge < -0.3 is 5.11 Å². The van der Waals surface area contributed by atoms with Crippen molar-refractivity contribution in [3.8, 4) is 0 Å². The lowest BCUT2D eigenvalue weighted by Crippen LogP contribution is -2.07. The van der Waals surface area contributed by atoms with Gasteiger partial charge in [-0.1, -0.05) is 30.3 Å². The van der Waals surface area contributed by atoms with E-state index in [1.54, 1.807) is 6.07 Å². The summed E-state index contributed by atoms with van der Waals surface area (Å²) in [6, 6.07) is 10.8. The lowest BCUT2D eigenvalue weighted by atomic mass is 9.94. The Labute approximate surface area is 121 Å². The molecule has 0 aliphatic heterocycles. The molecule has 0 aromatic heterocycles. The minimum atomic E-state index is -0.626. The summed E-state index contributed by atoms with van der Waals surface area (Å²) in [5.41, 5.74) is 3.81. The van der Waals surface area contributed by atoms with Crippen molar-refractivity contribution >= 4 is 15.9 Å². The van der Waals surface area contributed by atoms with Crippen molar-refractivity contribution in [1.29, 1.82) is 0 Å².